The molecule has 3 aromatic rings. The standard InChI is InChI=1S/C15H13N5O3/c1-8(21)17-10-4-2-3-9(5-10)13-19-12-6-11(18-15(22)23)7-16-14(12)20-13/h2-7,18H,1H3,(H,17,21)(H,22,23)(H,16,19,20). The van der Waals surface area contributed by atoms with E-state index < -0.39 is 6.09 Å². The predicted octanol–water partition coefficient (Wildman–Crippen LogP) is 2.67. The number of carbonyl (C=O) groups is 2. The number of nitrogens with zero attached hydrogens (tertiary/aromatic N) is 2. The molecule has 0 spiro atoms. The fourth-order valence-corrected chi connectivity index (χ4v) is 2.18. The van der Waals surface area contributed by atoms with Gasteiger partial charge < -0.3 is 15.4 Å². The number of imidazole rings is 1. The van der Waals surface area contributed by atoms with Crippen molar-refractivity contribution in [2.45, 2.75) is 6.92 Å². The summed E-state index contributed by atoms with van der Waals surface area (Å²) in [4.78, 5) is 33.4. The molecule has 0 saturated heterocycles. The van der Waals surface area contributed by atoms with Crippen LogP contribution in [0.1, 0.15) is 6.92 Å². The highest BCUT2D eigenvalue weighted by Gasteiger charge is 2.09. The number of aromatic amines is 1. The number of H-pyrrole nitrogens is 1. The topological polar surface area (TPSA) is 120 Å². The SMILES string of the molecule is CC(=O)Nc1cccc(-c2nc3ncc(NC(=O)O)cc3[nH]2)c1. The Morgan fingerprint density at radius 1 is 1.17 bits per heavy atom. The fraction of sp³-hybridized carbons (Fsp3) is 0.0667. The molecule has 0 aliphatic rings. The van der Waals surface area contributed by atoms with Gasteiger partial charge in [-0.15, -0.1) is 0 Å². The Morgan fingerprint density at radius 3 is 2.74 bits per heavy atom. The van der Waals surface area contributed by atoms with Crippen LogP contribution < -0.4 is 10.6 Å². The summed E-state index contributed by atoms with van der Waals surface area (Å²) >= 11 is 0. The van der Waals surface area contributed by atoms with Crippen LogP contribution in [0, 0.1) is 0 Å². The van der Waals surface area contributed by atoms with E-state index in [0.717, 1.165) is 5.56 Å². The molecular weight excluding hydrogens is 298 g/mol. The summed E-state index contributed by atoms with van der Waals surface area (Å²) in [6, 6.07) is 8.83. The Hall–Kier alpha value is -3.42. The average molecular weight is 311 g/mol. The Kier molecular flexibility index (Phi) is 3.63. The van der Waals surface area contributed by atoms with Gasteiger partial charge in [-0.2, -0.15) is 0 Å². The molecule has 0 unspecified atom stereocenters. The van der Waals surface area contributed by atoms with Crippen LogP contribution in [0.2, 0.25) is 0 Å². The number of benzene rings is 1. The maximum atomic E-state index is 11.1. The largest absolute Gasteiger partial charge is 0.465 e. The number of pyridine rings is 1. The monoisotopic (exact) mass is 311 g/mol. The second kappa shape index (κ2) is 5.76. The van der Waals surface area contributed by atoms with Crippen LogP contribution in [0.5, 0.6) is 0 Å². The lowest BCUT2D eigenvalue weighted by Crippen LogP contribution is -2.07. The van der Waals surface area contributed by atoms with Gasteiger partial charge in [-0.3, -0.25) is 10.1 Å². The molecule has 8 heteroatoms. The van der Waals surface area contributed by atoms with Crippen molar-refractivity contribution in [3.63, 3.8) is 0 Å². The fourth-order valence-electron chi connectivity index (χ4n) is 2.18. The molecule has 2 amide bonds. The lowest BCUT2D eigenvalue weighted by Gasteiger charge is -2.03. The van der Waals surface area contributed by atoms with Crippen LogP contribution >= 0.6 is 0 Å². The van der Waals surface area contributed by atoms with E-state index in [4.69, 9.17) is 5.11 Å². The molecule has 1 aromatic carbocycles. The van der Waals surface area contributed by atoms with Crippen molar-refractivity contribution in [1.82, 2.24) is 15.0 Å². The van der Waals surface area contributed by atoms with Gasteiger partial charge in [-0.25, -0.2) is 14.8 Å². The smallest absolute Gasteiger partial charge is 0.409 e. The number of amides is 2. The molecule has 8 nitrogen and oxygen atoms in total. The molecule has 0 fully saturated rings. The summed E-state index contributed by atoms with van der Waals surface area (Å²) in [5.74, 6) is 0.421. The van der Waals surface area contributed by atoms with Gasteiger partial charge in [-0.1, -0.05) is 12.1 Å². The number of carbonyl (C=O) groups excluding carboxylic acids is 1. The highest BCUT2D eigenvalue weighted by molar-refractivity contribution is 5.90. The summed E-state index contributed by atoms with van der Waals surface area (Å²) in [7, 11) is 0. The first-order valence-electron chi connectivity index (χ1n) is 6.75. The third kappa shape index (κ3) is 3.26. The molecule has 2 aromatic heterocycles. The minimum atomic E-state index is -1.16. The number of aromatic nitrogens is 3. The summed E-state index contributed by atoms with van der Waals surface area (Å²) < 4.78 is 0. The van der Waals surface area contributed by atoms with E-state index in [0.29, 0.717) is 28.4 Å². The van der Waals surface area contributed by atoms with E-state index in [9.17, 15) is 9.59 Å². The van der Waals surface area contributed by atoms with Gasteiger partial charge in [0.15, 0.2) is 5.65 Å². The van der Waals surface area contributed by atoms with Crippen LogP contribution in [0.4, 0.5) is 16.2 Å². The maximum absolute atomic E-state index is 11.1. The van der Waals surface area contributed by atoms with Gasteiger partial charge in [0.05, 0.1) is 17.4 Å². The third-order valence-electron chi connectivity index (χ3n) is 3.05. The number of rotatable bonds is 3. The quantitative estimate of drug-likeness (QED) is 0.592. The number of hydrogen-bond acceptors (Lipinski definition) is 4. The van der Waals surface area contributed by atoms with Gasteiger partial charge in [0.1, 0.15) is 5.82 Å². The second-order valence-electron chi connectivity index (χ2n) is 4.87. The minimum Gasteiger partial charge on any atom is -0.465 e. The van der Waals surface area contributed by atoms with E-state index in [2.05, 4.69) is 25.6 Å². The number of nitrogens with one attached hydrogen (secondary N) is 3. The minimum absolute atomic E-state index is 0.155. The highest BCUT2D eigenvalue weighted by atomic mass is 16.4. The van der Waals surface area contributed by atoms with Crippen molar-refractivity contribution in [3.8, 4) is 11.4 Å². The lowest BCUT2D eigenvalue weighted by atomic mass is 10.2. The normalized spacial score (nSPS) is 10.5. The van der Waals surface area contributed by atoms with Crippen LogP contribution in [-0.2, 0) is 4.79 Å². The zero-order chi connectivity index (χ0) is 16.4. The van der Waals surface area contributed by atoms with Crippen molar-refractivity contribution >= 4 is 34.5 Å². The third-order valence-corrected chi connectivity index (χ3v) is 3.05. The molecule has 2 heterocycles. The van der Waals surface area contributed by atoms with Crippen molar-refractivity contribution < 1.29 is 14.7 Å². The highest BCUT2D eigenvalue weighted by Crippen LogP contribution is 2.23. The first-order valence-corrected chi connectivity index (χ1v) is 6.75. The predicted molar refractivity (Wildman–Crippen MR) is 85.3 cm³/mol. The first kappa shape index (κ1) is 14.5. The Bertz CT molecular complexity index is 903. The summed E-state index contributed by atoms with van der Waals surface area (Å²) in [6.07, 6.45) is 0.239. The summed E-state index contributed by atoms with van der Waals surface area (Å²) in [5.41, 5.74) is 2.88. The molecule has 0 saturated carbocycles. The van der Waals surface area contributed by atoms with E-state index in [-0.39, 0.29) is 5.91 Å². The van der Waals surface area contributed by atoms with Crippen LogP contribution in [0.15, 0.2) is 36.5 Å². The Morgan fingerprint density at radius 2 is 2.00 bits per heavy atom. The molecule has 3 rings (SSSR count). The van der Waals surface area contributed by atoms with Gasteiger partial charge in [0.25, 0.3) is 0 Å². The van der Waals surface area contributed by atoms with Crippen LogP contribution in [0.3, 0.4) is 0 Å². The molecule has 0 aliphatic heterocycles. The van der Waals surface area contributed by atoms with Crippen LogP contribution in [0.25, 0.3) is 22.6 Å². The van der Waals surface area contributed by atoms with Crippen molar-refractivity contribution in [1.29, 1.82) is 0 Å². The van der Waals surface area contributed by atoms with E-state index in [1.54, 1.807) is 24.3 Å². The molecule has 0 bridgehead atoms. The zero-order valence-corrected chi connectivity index (χ0v) is 12.1. The molecule has 0 aliphatic carbocycles. The molecular formula is C15H13N5O3. The number of carboxylic acid groups (broad SMARTS) is 1. The second-order valence-corrected chi connectivity index (χ2v) is 4.87. The lowest BCUT2D eigenvalue weighted by molar-refractivity contribution is -0.114. The average Bonchev–Trinajstić information content (AvgIpc) is 2.89. The summed E-state index contributed by atoms with van der Waals surface area (Å²) in [6.45, 7) is 1.44. The Labute approximate surface area is 130 Å². The van der Waals surface area contributed by atoms with Gasteiger partial charge in [-0.05, 0) is 18.2 Å². The maximum Gasteiger partial charge on any atom is 0.409 e. The summed E-state index contributed by atoms with van der Waals surface area (Å²) in [5, 5.41) is 13.7. The molecule has 4 N–H and O–H groups in total. The van der Waals surface area contributed by atoms with E-state index in [1.807, 2.05) is 6.07 Å². The number of hydrogen-bond donors (Lipinski definition) is 4. The van der Waals surface area contributed by atoms with Gasteiger partial charge in [0, 0.05) is 18.2 Å². The van der Waals surface area contributed by atoms with Crippen molar-refractivity contribution in [3.05, 3.63) is 36.5 Å². The molecule has 23 heavy (non-hydrogen) atoms. The van der Waals surface area contributed by atoms with Crippen molar-refractivity contribution in [2.75, 3.05) is 10.6 Å². The van der Waals surface area contributed by atoms with E-state index in [1.165, 1.54) is 13.1 Å². The number of anilines is 2. The van der Waals surface area contributed by atoms with Gasteiger partial charge >= 0.3 is 6.09 Å². The zero-order valence-electron chi connectivity index (χ0n) is 12.1. The van der Waals surface area contributed by atoms with Gasteiger partial charge in [0.2, 0.25) is 5.91 Å². The first-order chi connectivity index (χ1) is 11.0. The Balaban J connectivity index is 1.97. The molecule has 0 atom stereocenters. The van der Waals surface area contributed by atoms with E-state index >= 15 is 0 Å². The number of fused-ring (bicyclic) bond motifs is 1. The molecule has 116 valence electrons. The van der Waals surface area contributed by atoms with Crippen molar-refractivity contribution in [2.24, 2.45) is 0 Å². The van der Waals surface area contributed by atoms with Crippen LogP contribution in [-0.4, -0.2) is 32.1 Å². The molecule has 0 radical (unpaired) electrons.